The van der Waals surface area contributed by atoms with Crippen molar-refractivity contribution in [3.05, 3.63) is 42.5 Å². The van der Waals surface area contributed by atoms with Gasteiger partial charge < -0.3 is 11.5 Å². The zero-order valence-corrected chi connectivity index (χ0v) is 10.7. The second kappa shape index (κ2) is 4.34. The van der Waals surface area contributed by atoms with Crippen LogP contribution in [0.15, 0.2) is 47.4 Å². The normalized spacial score (nSPS) is 11.4. The highest BCUT2D eigenvalue weighted by molar-refractivity contribution is 7.90. The molecule has 4 N–H and O–H groups in total. The first-order chi connectivity index (χ1) is 8.38. The van der Waals surface area contributed by atoms with Gasteiger partial charge >= 0.3 is 0 Å². The van der Waals surface area contributed by atoms with E-state index in [-0.39, 0.29) is 0 Å². The molecule has 0 unspecified atom stereocenters. The molecule has 0 fully saturated rings. The molecule has 18 heavy (non-hydrogen) atoms. The molecule has 0 saturated carbocycles. The maximum Gasteiger partial charge on any atom is 0.175 e. The van der Waals surface area contributed by atoms with Crippen LogP contribution in [0.4, 0.5) is 11.4 Å². The molecule has 2 rings (SSSR count). The number of hydrogen-bond donors (Lipinski definition) is 2. The largest absolute Gasteiger partial charge is 0.397 e. The van der Waals surface area contributed by atoms with Crippen LogP contribution in [0.2, 0.25) is 0 Å². The summed E-state index contributed by atoms with van der Waals surface area (Å²) in [5, 5.41) is 0. The summed E-state index contributed by atoms with van der Waals surface area (Å²) in [5.74, 6) is 0. The maximum atomic E-state index is 11.3. The second-order valence-electron chi connectivity index (χ2n) is 4.14. The van der Waals surface area contributed by atoms with Gasteiger partial charge in [0.25, 0.3) is 0 Å². The monoisotopic (exact) mass is 262 g/mol. The summed E-state index contributed by atoms with van der Waals surface area (Å²) < 4.78 is 22.7. The Morgan fingerprint density at radius 1 is 0.833 bits per heavy atom. The Balaban J connectivity index is 2.43. The number of benzene rings is 2. The number of nitrogen functional groups attached to an aromatic ring is 2. The van der Waals surface area contributed by atoms with Gasteiger partial charge in [-0.1, -0.05) is 18.2 Å². The highest BCUT2D eigenvalue weighted by atomic mass is 32.2. The van der Waals surface area contributed by atoms with Crippen LogP contribution >= 0.6 is 0 Å². The van der Waals surface area contributed by atoms with Gasteiger partial charge in [-0.25, -0.2) is 8.42 Å². The summed E-state index contributed by atoms with van der Waals surface area (Å²) in [6.07, 6.45) is 1.18. The number of rotatable bonds is 2. The van der Waals surface area contributed by atoms with Gasteiger partial charge in [0.05, 0.1) is 16.3 Å². The smallest absolute Gasteiger partial charge is 0.175 e. The minimum absolute atomic E-state index is 0.301. The molecule has 0 spiro atoms. The van der Waals surface area contributed by atoms with Crippen LogP contribution in [-0.4, -0.2) is 14.7 Å². The van der Waals surface area contributed by atoms with E-state index in [0.29, 0.717) is 16.3 Å². The highest BCUT2D eigenvalue weighted by Crippen LogP contribution is 2.26. The Labute approximate surface area is 106 Å². The summed E-state index contributed by atoms with van der Waals surface area (Å²) in [5.41, 5.74) is 14.2. The molecule has 94 valence electrons. The Morgan fingerprint density at radius 3 is 1.89 bits per heavy atom. The molecule has 2 aromatic carbocycles. The van der Waals surface area contributed by atoms with Gasteiger partial charge in [-0.15, -0.1) is 0 Å². The van der Waals surface area contributed by atoms with E-state index in [1.807, 2.05) is 6.07 Å². The molecule has 0 aliphatic carbocycles. The average molecular weight is 262 g/mol. The van der Waals surface area contributed by atoms with Crippen molar-refractivity contribution in [2.45, 2.75) is 4.90 Å². The van der Waals surface area contributed by atoms with E-state index in [0.717, 1.165) is 11.1 Å². The zero-order chi connectivity index (χ0) is 13.3. The van der Waals surface area contributed by atoms with Crippen molar-refractivity contribution in [3.8, 4) is 11.1 Å². The first-order valence-corrected chi connectivity index (χ1v) is 7.22. The Hall–Kier alpha value is -2.01. The van der Waals surface area contributed by atoms with Crippen molar-refractivity contribution in [1.82, 2.24) is 0 Å². The fraction of sp³-hybridized carbons (Fsp3) is 0.0769. The summed E-state index contributed by atoms with van der Waals surface area (Å²) in [6, 6.07) is 12.0. The fourth-order valence-electron chi connectivity index (χ4n) is 1.65. The molecule has 5 heteroatoms. The van der Waals surface area contributed by atoms with Gasteiger partial charge in [0, 0.05) is 6.26 Å². The quantitative estimate of drug-likeness (QED) is 0.809. The van der Waals surface area contributed by atoms with Crippen molar-refractivity contribution in [1.29, 1.82) is 0 Å². The second-order valence-corrected chi connectivity index (χ2v) is 6.16. The van der Waals surface area contributed by atoms with Gasteiger partial charge in [-0.2, -0.15) is 0 Å². The summed E-state index contributed by atoms with van der Waals surface area (Å²) in [6.45, 7) is 0. The van der Waals surface area contributed by atoms with Crippen molar-refractivity contribution in [2.75, 3.05) is 17.7 Å². The van der Waals surface area contributed by atoms with E-state index in [4.69, 9.17) is 11.5 Å². The van der Waals surface area contributed by atoms with Crippen molar-refractivity contribution < 1.29 is 8.42 Å². The molecule has 0 saturated heterocycles. The van der Waals surface area contributed by atoms with Gasteiger partial charge in [-0.05, 0) is 35.4 Å². The Bertz CT molecular complexity index is 677. The van der Waals surface area contributed by atoms with E-state index in [1.165, 1.54) is 6.26 Å². The van der Waals surface area contributed by atoms with Crippen LogP contribution in [0, 0.1) is 0 Å². The summed E-state index contributed by atoms with van der Waals surface area (Å²) in [7, 11) is -3.16. The van der Waals surface area contributed by atoms with Crippen LogP contribution in [-0.2, 0) is 9.84 Å². The fourth-order valence-corrected chi connectivity index (χ4v) is 2.28. The minimum atomic E-state index is -3.16. The molecule has 2 aromatic rings. The van der Waals surface area contributed by atoms with Crippen molar-refractivity contribution in [2.24, 2.45) is 0 Å². The first kappa shape index (κ1) is 12.4. The predicted molar refractivity (Wildman–Crippen MR) is 73.8 cm³/mol. The number of nitrogens with two attached hydrogens (primary N) is 2. The van der Waals surface area contributed by atoms with Crippen LogP contribution in [0.3, 0.4) is 0 Å². The van der Waals surface area contributed by atoms with Crippen LogP contribution in [0.1, 0.15) is 0 Å². The van der Waals surface area contributed by atoms with Crippen LogP contribution in [0.5, 0.6) is 0 Å². The van der Waals surface area contributed by atoms with E-state index >= 15 is 0 Å². The molecule has 0 aromatic heterocycles. The van der Waals surface area contributed by atoms with Crippen LogP contribution in [0.25, 0.3) is 11.1 Å². The predicted octanol–water partition coefficient (Wildman–Crippen LogP) is 1.92. The molecule has 4 nitrogen and oxygen atoms in total. The molecule has 0 radical (unpaired) electrons. The lowest BCUT2D eigenvalue weighted by molar-refractivity contribution is 0.602. The molecule has 0 bridgehead atoms. The molecular weight excluding hydrogens is 248 g/mol. The van der Waals surface area contributed by atoms with Gasteiger partial charge in [0.1, 0.15) is 0 Å². The third kappa shape index (κ3) is 2.46. The third-order valence-electron chi connectivity index (χ3n) is 2.70. The van der Waals surface area contributed by atoms with Crippen LogP contribution < -0.4 is 11.5 Å². The average Bonchev–Trinajstić information content (AvgIpc) is 2.32. The Kier molecular flexibility index (Phi) is 3.00. The first-order valence-electron chi connectivity index (χ1n) is 5.33. The lowest BCUT2D eigenvalue weighted by Gasteiger charge is -2.06. The molecule has 0 aliphatic heterocycles. The third-order valence-corrected chi connectivity index (χ3v) is 3.83. The van der Waals surface area contributed by atoms with E-state index in [1.54, 1.807) is 36.4 Å². The molecule has 0 heterocycles. The van der Waals surface area contributed by atoms with E-state index in [2.05, 4.69) is 0 Å². The number of hydrogen-bond acceptors (Lipinski definition) is 4. The lowest BCUT2D eigenvalue weighted by atomic mass is 10.0. The molecule has 0 amide bonds. The molecule has 0 aliphatic rings. The summed E-state index contributed by atoms with van der Waals surface area (Å²) >= 11 is 0. The van der Waals surface area contributed by atoms with Crippen molar-refractivity contribution >= 4 is 21.2 Å². The highest BCUT2D eigenvalue weighted by Gasteiger charge is 2.07. The number of sulfone groups is 1. The zero-order valence-electron chi connectivity index (χ0n) is 9.92. The molecular formula is C13H14N2O2S. The van der Waals surface area contributed by atoms with Gasteiger partial charge in [-0.3, -0.25) is 0 Å². The maximum absolute atomic E-state index is 11.3. The van der Waals surface area contributed by atoms with Gasteiger partial charge in [0.15, 0.2) is 9.84 Å². The van der Waals surface area contributed by atoms with Gasteiger partial charge in [0.2, 0.25) is 0 Å². The lowest BCUT2D eigenvalue weighted by Crippen LogP contribution is -1.97. The van der Waals surface area contributed by atoms with E-state index < -0.39 is 9.84 Å². The standard InChI is InChI=1S/C13H14N2O2S/c1-18(16,17)11-5-2-9(3-6-11)10-4-7-12(14)13(15)8-10/h2-8H,14-15H2,1H3. The SMILES string of the molecule is CS(=O)(=O)c1ccc(-c2ccc(N)c(N)c2)cc1. The topological polar surface area (TPSA) is 86.2 Å². The molecule has 0 atom stereocenters. The summed E-state index contributed by atoms with van der Waals surface area (Å²) in [4.78, 5) is 0.301. The van der Waals surface area contributed by atoms with Crippen molar-refractivity contribution in [3.63, 3.8) is 0 Å². The number of anilines is 2. The Morgan fingerprint density at radius 2 is 1.39 bits per heavy atom. The minimum Gasteiger partial charge on any atom is -0.397 e. The van der Waals surface area contributed by atoms with E-state index in [9.17, 15) is 8.42 Å².